The van der Waals surface area contributed by atoms with Crippen LogP contribution in [0, 0.1) is 0 Å². The molecule has 2 atom stereocenters. The van der Waals surface area contributed by atoms with Gasteiger partial charge in [0.1, 0.15) is 11.3 Å². The molecule has 1 N–H and O–H groups in total. The molecule has 2 aliphatic heterocycles. The fourth-order valence-corrected chi connectivity index (χ4v) is 7.12. The van der Waals surface area contributed by atoms with E-state index in [0.717, 1.165) is 4.31 Å². The lowest BCUT2D eigenvalue weighted by Crippen LogP contribution is -2.41. The number of carbonyl (C=O) groups excluding carboxylic acids is 1. The van der Waals surface area contributed by atoms with Gasteiger partial charge in [0.05, 0.1) is 89.7 Å². The zero-order chi connectivity index (χ0) is 36.8. The zero-order valence-electron chi connectivity index (χ0n) is 29.2. The number of fused-ring (bicyclic) bond motifs is 1. The normalized spacial score (nSPS) is 20.1. The van der Waals surface area contributed by atoms with Gasteiger partial charge in [-0.15, -0.1) is 0 Å². The Kier molecular flexibility index (Phi) is 15.0. The van der Waals surface area contributed by atoms with E-state index >= 15 is 0 Å². The molecule has 0 bridgehead atoms. The van der Waals surface area contributed by atoms with Crippen LogP contribution in [0.2, 0.25) is 0 Å². The van der Waals surface area contributed by atoms with E-state index < -0.39 is 34.7 Å². The summed E-state index contributed by atoms with van der Waals surface area (Å²) in [6, 6.07) is 12.8. The molecule has 0 radical (unpaired) electrons. The second kappa shape index (κ2) is 19.8. The summed E-state index contributed by atoms with van der Waals surface area (Å²) in [5.74, 6) is -0.648. The highest BCUT2D eigenvalue weighted by Crippen LogP contribution is 2.32. The van der Waals surface area contributed by atoms with Crippen LogP contribution < -0.4 is 10.2 Å². The molecule has 16 heteroatoms. The van der Waals surface area contributed by atoms with Gasteiger partial charge in [-0.05, 0) is 42.5 Å². The first-order valence-corrected chi connectivity index (χ1v) is 18.6. The second-order valence-electron chi connectivity index (χ2n) is 11.9. The number of amides is 1. The molecule has 1 aromatic heterocycles. The van der Waals surface area contributed by atoms with Crippen molar-refractivity contribution in [3.05, 3.63) is 82.4 Å². The topological polar surface area (TPSA) is 173 Å². The van der Waals surface area contributed by atoms with E-state index in [0.29, 0.717) is 61.9 Å². The highest BCUT2D eigenvalue weighted by Gasteiger charge is 2.33. The number of nitrogens with zero attached hydrogens (tertiary/aromatic N) is 2. The van der Waals surface area contributed by atoms with Crippen LogP contribution in [-0.2, 0) is 43.2 Å². The Labute approximate surface area is 302 Å². The molecule has 5 rings (SSSR count). The average Bonchev–Trinajstić information content (AvgIpc) is 3.17. The van der Waals surface area contributed by atoms with Gasteiger partial charge < -0.3 is 47.6 Å². The van der Waals surface area contributed by atoms with Crippen molar-refractivity contribution in [1.82, 2.24) is 9.21 Å². The predicted molar refractivity (Wildman–Crippen MR) is 187 cm³/mol. The Balaban J connectivity index is 1.35. The molecule has 284 valence electrons. The molecule has 0 aliphatic carbocycles. The summed E-state index contributed by atoms with van der Waals surface area (Å²) in [6.45, 7) is 2.40. The molecule has 2 aliphatic rings. The molecule has 0 spiro atoms. The van der Waals surface area contributed by atoms with Gasteiger partial charge in [0.25, 0.3) is 5.91 Å². The van der Waals surface area contributed by atoms with Gasteiger partial charge in [0.2, 0.25) is 16.3 Å². The number of ether oxygens (including phenoxy) is 7. The van der Waals surface area contributed by atoms with Crippen LogP contribution in [0.1, 0.15) is 17.9 Å². The molecule has 3 heterocycles. The summed E-state index contributed by atoms with van der Waals surface area (Å²) < 4.78 is 73.5. The van der Waals surface area contributed by atoms with Crippen molar-refractivity contribution in [2.75, 3.05) is 99.4 Å². The summed E-state index contributed by atoms with van der Waals surface area (Å²) in [7, 11) is -2.52. The van der Waals surface area contributed by atoms with Gasteiger partial charge in [-0.1, -0.05) is 12.1 Å². The van der Waals surface area contributed by atoms with E-state index in [9.17, 15) is 23.1 Å². The first-order chi connectivity index (χ1) is 25.3. The SMILES string of the molecule is COc1ccc(S(=O)(=O)N(CCO)CCO[C@@H]2C[C@H](c3coc4ccccc4c3=O)C=C(C(=O)N3CCOCCOCCOCCOCC3)O2)cc1. The van der Waals surface area contributed by atoms with E-state index in [1.807, 2.05) is 0 Å². The fourth-order valence-electron chi connectivity index (χ4n) is 5.70. The molecule has 1 saturated heterocycles. The molecule has 0 saturated carbocycles. The van der Waals surface area contributed by atoms with Crippen LogP contribution in [0.3, 0.4) is 0 Å². The summed E-state index contributed by atoms with van der Waals surface area (Å²) in [4.78, 5) is 29.3. The lowest BCUT2D eigenvalue weighted by atomic mass is 9.93. The molecular weight excluding hydrogens is 700 g/mol. The van der Waals surface area contributed by atoms with Crippen molar-refractivity contribution in [2.45, 2.75) is 23.5 Å². The highest BCUT2D eigenvalue weighted by molar-refractivity contribution is 7.89. The number of aliphatic hydroxyl groups excluding tert-OH is 1. The van der Waals surface area contributed by atoms with Crippen LogP contribution in [-0.4, -0.2) is 134 Å². The van der Waals surface area contributed by atoms with Gasteiger partial charge in [0.15, 0.2) is 11.2 Å². The third kappa shape index (κ3) is 10.6. The number of allylic oxidation sites excluding steroid dienone is 1. The third-order valence-corrected chi connectivity index (χ3v) is 10.4. The number of sulfonamides is 1. The molecule has 2 aromatic carbocycles. The molecule has 1 fully saturated rings. The minimum atomic E-state index is -4.00. The number of para-hydroxylation sites is 1. The number of rotatable bonds is 11. The quantitative estimate of drug-likeness (QED) is 0.303. The zero-order valence-corrected chi connectivity index (χ0v) is 30.0. The predicted octanol–water partition coefficient (Wildman–Crippen LogP) is 2.12. The molecule has 3 aromatic rings. The minimum absolute atomic E-state index is 0.0235. The number of hydrogen-bond acceptors (Lipinski definition) is 13. The number of aliphatic hydroxyl groups is 1. The molecule has 1 amide bonds. The molecular formula is C36H46N2O13S. The van der Waals surface area contributed by atoms with Gasteiger partial charge in [-0.25, -0.2) is 8.42 Å². The smallest absolute Gasteiger partial charge is 0.288 e. The number of hydrogen-bond donors (Lipinski definition) is 1. The first kappa shape index (κ1) is 39.3. The summed E-state index contributed by atoms with van der Waals surface area (Å²) in [6.07, 6.45) is 2.08. The Bertz CT molecular complexity index is 1760. The van der Waals surface area contributed by atoms with E-state index in [1.54, 1.807) is 35.2 Å². The van der Waals surface area contributed by atoms with Gasteiger partial charge in [-0.2, -0.15) is 4.31 Å². The van der Waals surface area contributed by atoms with E-state index in [1.165, 1.54) is 37.6 Å². The lowest BCUT2D eigenvalue weighted by Gasteiger charge is -2.32. The van der Waals surface area contributed by atoms with Crippen molar-refractivity contribution in [1.29, 1.82) is 0 Å². The summed E-state index contributed by atoms with van der Waals surface area (Å²) in [5.41, 5.74) is 0.486. The van der Waals surface area contributed by atoms with Gasteiger partial charge in [0, 0.05) is 44.1 Å². The Morgan fingerprint density at radius 2 is 1.54 bits per heavy atom. The van der Waals surface area contributed by atoms with Crippen LogP contribution in [0.4, 0.5) is 0 Å². The Morgan fingerprint density at radius 1 is 0.904 bits per heavy atom. The maximum Gasteiger partial charge on any atom is 0.288 e. The maximum atomic E-state index is 14.1. The standard InChI is InChI=1S/C36H46N2O13S/c1-44-28-6-8-29(9-7-28)52(42,43)38(10-14-39)13-17-49-34-25-27(31-26-50-32-5-3-2-4-30(32)35(31)40)24-33(51-34)36(41)37-11-15-45-18-20-47-22-23-48-21-19-46-16-12-37/h2-9,24,26-27,34,39H,10-23,25H2,1H3/t27-,34+/m1/s1. The van der Waals surface area contributed by atoms with Crippen molar-refractivity contribution in [3.8, 4) is 5.75 Å². The number of carbonyl (C=O) groups is 1. The summed E-state index contributed by atoms with van der Waals surface area (Å²) >= 11 is 0. The lowest BCUT2D eigenvalue weighted by molar-refractivity contribution is -0.153. The third-order valence-electron chi connectivity index (χ3n) is 8.48. The van der Waals surface area contributed by atoms with Crippen molar-refractivity contribution < 1.29 is 55.9 Å². The number of methoxy groups -OCH3 is 1. The highest BCUT2D eigenvalue weighted by atomic mass is 32.2. The Hall–Kier alpha value is -3.87. The van der Waals surface area contributed by atoms with Crippen LogP contribution in [0.15, 0.2) is 80.7 Å². The average molecular weight is 747 g/mol. The van der Waals surface area contributed by atoms with E-state index in [4.69, 9.17) is 37.6 Å². The van der Waals surface area contributed by atoms with Crippen molar-refractivity contribution >= 4 is 26.9 Å². The van der Waals surface area contributed by atoms with Crippen LogP contribution in [0.5, 0.6) is 5.75 Å². The van der Waals surface area contributed by atoms with Gasteiger partial charge in [-0.3, -0.25) is 9.59 Å². The first-order valence-electron chi connectivity index (χ1n) is 17.2. The summed E-state index contributed by atoms with van der Waals surface area (Å²) in [5, 5.41) is 10.1. The molecule has 15 nitrogen and oxygen atoms in total. The largest absolute Gasteiger partial charge is 0.497 e. The minimum Gasteiger partial charge on any atom is -0.497 e. The monoisotopic (exact) mass is 746 g/mol. The number of benzene rings is 2. The molecule has 52 heavy (non-hydrogen) atoms. The van der Waals surface area contributed by atoms with E-state index in [2.05, 4.69) is 0 Å². The van der Waals surface area contributed by atoms with Crippen LogP contribution in [0.25, 0.3) is 11.0 Å². The van der Waals surface area contributed by atoms with Crippen molar-refractivity contribution in [2.24, 2.45) is 0 Å². The Morgan fingerprint density at radius 3 is 2.17 bits per heavy atom. The molecule has 0 unspecified atom stereocenters. The fraction of sp³-hybridized carbons (Fsp3) is 0.500. The van der Waals surface area contributed by atoms with Crippen LogP contribution >= 0.6 is 0 Å². The maximum absolute atomic E-state index is 14.1. The second-order valence-corrected chi connectivity index (χ2v) is 13.8. The van der Waals surface area contributed by atoms with E-state index in [-0.39, 0.29) is 68.5 Å². The van der Waals surface area contributed by atoms with Gasteiger partial charge >= 0.3 is 0 Å². The van der Waals surface area contributed by atoms with Crippen molar-refractivity contribution in [3.63, 3.8) is 0 Å².